The zero-order chi connectivity index (χ0) is 15.3. The molecular weight excluding hydrogens is 270 g/mol. The summed E-state index contributed by atoms with van der Waals surface area (Å²) in [6, 6.07) is 3.72. The van der Waals surface area contributed by atoms with Crippen molar-refractivity contribution < 1.29 is 18.9 Å². The van der Waals surface area contributed by atoms with E-state index in [1.807, 2.05) is 19.2 Å². The minimum atomic E-state index is -0.0619. The van der Waals surface area contributed by atoms with Crippen molar-refractivity contribution in [1.29, 1.82) is 0 Å². The molecule has 5 heteroatoms. The number of hydrogen-bond donors (Lipinski definition) is 1. The first-order chi connectivity index (χ1) is 10.2. The Morgan fingerprint density at radius 1 is 1.05 bits per heavy atom. The van der Waals surface area contributed by atoms with Crippen LogP contribution in [0.3, 0.4) is 0 Å². The monoisotopic (exact) mass is 295 g/mol. The molecule has 1 aromatic rings. The SMILES string of the molecule is CNCCC1(Oc2cc(OC)c(OC)c(OC)c2)CCC1. The van der Waals surface area contributed by atoms with Crippen LogP contribution in [0.2, 0.25) is 0 Å². The molecule has 0 unspecified atom stereocenters. The number of hydrogen-bond acceptors (Lipinski definition) is 5. The van der Waals surface area contributed by atoms with Gasteiger partial charge < -0.3 is 24.3 Å². The van der Waals surface area contributed by atoms with Crippen LogP contribution in [0.1, 0.15) is 25.7 Å². The third-order valence-corrected chi connectivity index (χ3v) is 4.07. The zero-order valence-electron chi connectivity index (χ0n) is 13.3. The Labute approximate surface area is 126 Å². The lowest BCUT2D eigenvalue weighted by Gasteiger charge is -2.42. The Morgan fingerprint density at radius 2 is 1.67 bits per heavy atom. The summed E-state index contributed by atoms with van der Waals surface area (Å²) in [6.07, 6.45) is 4.39. The highest BCUT2D eigenvalue weighted by Gasteiger charge is 2.39. The number of ether oxygens (including phenoxy) is 4. The van der Waals surface area contributed by atoms with Crippen LogP contribution in [0.4, 0.5) is 0 Å². The van der Waals surface area contributed by atoms with Gasteiger partial charge >= 0.3 is 0 Å². The maximum absolute atomic E-state index is 6.27. The lowest BCUT2D eigenvalue weighted by atomic mass is 9.77. The smallest absolute Gasteiger partial charge is 0.203 e. The molecule has 1 N–H and O–H groups in total. The highest BCUT2D eigenvalue weighted by atomic mass is 16.5. The normalized spacial score (nSPS) is 16.0. The predicted octanol–water partition coefficient (Wildman–Crippen LogP) is 2.62. The second-order valence-electron chi connectivity index (χ2n) is 5.35. The molecule has 0 spiro atoms. The van der Waals surface area contributed by atoms with Crippen LogP contribution in [0.15, 0.2) is 12.1 Å². The van der Waals surface area contributed by atoms with Gasteiger partial charge in [-0.25, -0.2) is 0 Å². The average Bonchev–Trinajstić information content (AvgIpc) is 2.48. The van der Waals surface area contributed by atoms with Gasteiger partial charge in [0.25, 0.3) is 0 Å². The first-order valence-corrected chi connectivity index (χ1v) is 7.31. The molecule has 1 fully saturated rings. The standard InChI is InChI=1S/C16H25NO4/c1-17-9-8-16(6-5-7-16)21-12-10-13(18-2)15(20-4)14(11-12)19-3/h10-11,17H,5-9H2,1-4H3. The molecule has 1 aliphatic carbocycles. The van der Waals surface area contributed by atoms with E-state index in [1.54, 1.807) is 21.3 Å². The van der Waals surface area contributed by atoms with Crippen molar-refractivity contribution in [2.75, 3.05) is 34.9 Å². The van der Waals surface area contributed by atoms with Gasteiger partial charge in [-0.1, -0.05) is 0 Å². The van der Waals surface area contributed by atoms with Crippen molar-refractivity contribution in [1.82, 2.24) is 5.32 Å². The van der Waals surface area contributed by atoms with E-state index in [1.165, 1.54) is 6.42 Å². The van der Waals surface area contributed by atoms with Crippen LogP contribution in [-0.4, -0.2) is 40.5 Å². The molecule has 0 atom stereocenters. The number of methoxy groups -OCH3 is 3. The number of benzene rings is 1. The van der Waals surface area contributed by atoms with Gasteiger partial charge in [0, 0.05) is 12.1 Å². The molecule has 0 amide bonds. The molecule has 1 aromatic carbocycles. The Bertz CT molecular complexity index is 446. The third kappa shape index (κ3) is 3.35. The van der Waals surface area contributed by atoms with Gasteiger partial charge in [-0.15, -0.1) is 0 Å². The number of nitrogens with one attached hydrogen (secondary N) is 1. The van der Waals surface area contributed by atoms with Gasteiger partial charge in [0.1, 0.15) is 11.4 Å². The molecular formula is C16H25NO4. The topological polar surface area (TPSA) is 49.0 Å². The quantitative estimate of drug-likeness (QED) is 0.799. The Morgan fingerprint density at radius 3 is 2.05 bits per heavy atom. The van der Waals surface area contributed by atoms with E-state index in [0.29, 0.717) is 17.2 Å². The summed E-state index contributed by atoms with van der Waals surface area (Å²) in [5.41, 5.74) is -0.0619. The second-order valence-corrected chi connectivity index (χ2v) is 5.35. The van der Waals surface area contributed by atoms with E-state index >= 15 is 0 Å². The summed E-state index contributed by atoms with van der Waals surface area (Å²) in [5, 5.41) is 3.19. The summed E-state index contributed by atoms with van der Waals surface area (Å²) in [6.45, 7) is 0.949. The van der Waals surface area contributed by atoms with Crippen LogP contribution < -0.4 is 24.3 Å². The molecule has 2 rings (SSSR count). The van der Waals surface area contributed by atoms with Gasteiger partial charge in [-0.05, 0) is 39.3 Å². The molecule has 0 radical (unpaired) electrons. The average molecular weight is 295 g/mol. The Hall–Kier alpha value is -1.62. The predicted molar refractivity (Wildman–Crippen MR) is 81.9 cm³/mol. The Kier molecular flexibility index (Phi) is 5.17. The fraction of sp³-hybridized carbons (Fsp3) is 0.625. The molecule has 21 heavy (non-hydrogen) atoms. The van der Waals surface area contributed by atoms with Crippen molar-refractivity contribution in [2.45, 2.75) is 31.3 Å². The van der Waals surface area contributed by atoms with Gasteiger partial charge in [0.05, 0.1) is 21.3 Å². The number of rotatable bonds is 8. The summed E-state index contributed by atoms with van der Waals surface area (Å²) >= 11 is 0. The van der Waals surface area contributed by atoms with E-state index in [-0.39, 0.29) is 5.60 Å². The van der Waals surface area contributed by atoms with Crippen molar-refractivity contribution in [3.8, 4) is 23.0 Å². The molecule has 5 nitrogen and oxygen atoms in total. The van der Waals surface area contributed by atoms with E-state index < -0.39 is 0 Å². The van der Waals surface area contributed by atoms with E-state index in [2.05, 4.69) is 5.32 Å². The minimum Gasteiger partial charge on any atom is -0.493 e. The van der Waals surface area contributed by atoms with Gasteiger partial charge in [-0.3, -0.25) is 0 Å². The minimum absolute atomic E-state index is 0.0619. The van der Waals surface area contributed by atoms with Crippen LogP contribution in [0.25, 0.3) is 0 Å². The fourth-order valence-corrected chi connectivity index (χ4v) is 2.69. The molecule has 0 saturated heterocycles. The summed E-state index contributed by atoms with van der Waals surface area (Å²) in [5.74, 6) is 2.59. The van der Waals surface area contributed by atoms with E-state index in [0.717, 1.165) is 31.6 Å². The van der Waals surface area contributed by atoms with Gasteiger partial charge in [0.2, 0.25) is 5.75 Å². The van der Waals surface area contributed by atoms with E-state index in [9.17, 15) is 0 Å². The van der Waals surface area contributed by atoms with Crippen LogP contribution >= 0.6 is 0 Å². The summed E-state index contributed by atoms with van der Waals surface area (Å²) in [7, 11) is 6.79. The van der Waals surface area contributed by atoms with Crippen LogP contribution in [0, 0.1) is 0 Å². The molecule has 1 aliphatic rings. The molecule has 0 aliphatic heterocycles. The first kappa shape index (κ1) is 15.8. The first-order valence-electron chi connectivity index (χ1n) is 7.31. The van der Waals surface area contributed by atoms with Crippen molar-refractivity contribution in [2.24, 2.45) is 0 Å². The van der Waals surface area contributed by atoms with Crippen LogP contribution in [0.5, 0.6) is 23.0 Å². The molecule has 0 bridgehead atoms. The van der Waals surface area contributed by atoms with E-state index in [4.69, 9.17) is 18.9 Å². The molecule has 118 valence electrons. The van der Waals surface area contributed by atoms with Crippen LogP contribution in [-0.2, 0) is 0 Å². The second kappa shape index (κ2) is 6.89. The zero-order valence-corrected chi connectivity index (χ0v) is 13.3. The van der Waals surface area contributed by atoms with Crippen molar-refractivity contribution in [3.63, 3.8) is 0 Å². The lowest BCUT2D eigenvalue weighted by molar-refractivity contribution is -0.0142. The highest BCUT2D eigenvalue weighted by Crippen LogP contribution is 2.45. The maximum atomic E-state index is 6.27. The van der Waals surface area contributed by atoms with Crippen molar-refractivity contribution in [3.05, 3.63) is 12.1 Å². The van der Waals surface area contributed by atoms with Gasteiger partial charge in [-0.2, -0.15) is 0 Å². The van der Waals surface area contributed by atoms with Crippen molar-refractivity contribution >= 4 is 0 Å². The molecule has 1 saturated carbocycles. The molecule has 0 heterocycles. The fourth-order valence-electron chi connectivity index (χ4n) is 2.69. The largest absolute Gasteiger partial charge is 0.493 e. The molecule has 0 aromatic heterocycles. The Balaban J connectivity index is 2.23. The lowest BCUT2D eigenvalue weighted by Crippen LogP contribution is -2.45. The summed E-state index contributed by atoms with van der Waals surface area (Å²) in [4.78, 5) is 0. The third-order valence-electron chi connectivity index (χ3n) is 4.07. The maximum Gasteiger partial charge on any atom is 0.203 e. The van der Waals surface area contributed by atoms with Gasteiger partial charge in [0.15, 0.2) is 11.5 Å². The highest BCUT2D eigenvalue weighted by molar-refractivity contribution is 5.56. The summed E-state index contributed by atoms with van der Waals surface area (Å²) < 4.78 is 22.3.